The van der Waals surface area contributed by atoms with Gasteiger partial charge in [0.1, 0.15) is 5.75 Å². The number of unbranched alkanes of at least 4 members (excludes halogenated alkanes) is 1. The number of halogens is 3. The van der Waals surface area contributed by atoms with Gasteiger partial charge in [0.2, 0.25) is 5.91 Å². The van der Waals surface area contributed by atoms with E-state index in [9.17, 15) is 4.79 Å². The topological polar surface area (TPSA) is 54.1 Å². The molecule has 7 heteroatoms. The summed E-state index contributed by atoms with van der Waals surface area (Å²) in [7, 11) is 1.64. The number of fused-ring (bicyclic) bond motifs is 1. The first-order valence-corrected chi connectivity index (χ1v) is 9.86. The van der Waals surface area contributed by atoms with Crippen LogP contribution in [0.15, 0.2) is 19.6 Å². The highest BCUT2D eigenvalue weighted by molar-refractivity contribution is 9.11. The van der Waals surface area contributed by atoms with E-state index in [2.05, 4.69) is 65.0 Å². The molecule has 0 bridgehead atoms. The number of benzene rings is 1. The minimum absolute atomic E-state index is 0.113. The Hall–Kier alpha value is -0.530. The molecule has 0 radical (unpaired) electrons. The Balaban J connectivity index is 2.20. The van der Waals surface area contributed by atoms with Gasteiger partial charge in [-0.3, -0.25) is 4.79 Å². The van der Waals surface area contributed by atoms with E-state index in [0.29, 0.717) is 13.0 Å². The second-order valence-corrected chi connectivity index (χ2v) is 7.69. The fourth-order valence-electron chi connectivity index (χ4n) is 2.47. The van der Waals surface area contributed by atoms with Gasteiger partial charge in [0, 0.05) is 23.9 Å². The van der Waals surface area contributed by atoms with Crippen molar-refractivity contribution in [3.05, 3.63) is 25.2 Å². The van der Waals surface area contributed by atoms with Crippen LogP contribution in [0.5, 0.6) is 5.75 Å². The van der Waals surface area contributed by atoms with E-state index in [0.717, 1.165) is 55.0 Å². The summed E-state index contributed by atoms with van der Waals surface area (Å²) in [5.41, 5.74) is 2.12. The minimum Gasteiger partial charge on any atom is -0.494 e. The molecule has 0 atom stereocenters. The summed E-state index contributed by atoms with van der Waals surface area (Å²) in [6.45, 7) is 2.69. The zero-order valence-electron chi connectivity index (χ0n) is 13.1. The summed E-state index contributed by atoms with van der Waals surface area (Å²) in [4.78, 5) is 15.0. The van der Waals surface area contributed by atoms with Crippen LogP contribution in [0.1, 0.15) is 31.7 Å². The maximum Gasteiger partial charge on any atom is 0.220 e. The van der Waals surface area contributed by atoms with E-state index in [1.54, 1.807) is 7.11 Å². The summed E-state index contributed by atoms with van der Waals surface area (Å²) in [5, 5.41) is 4.05. The molecule has 1 amide bonds. The molecule has 0 unspecified atom stereocenters. The third kappa shape index (κ3) is 4.31. The molecule has 1 aromatic carbocycles. The van der Waals surface area contributed by atoms with Crippen molar-refractivity contribution in [1.82, 2.24) is 10.3 Å². The molecule has 126 valence electrons. The van der Waals surface area contributed by atoms with Crippen molar-refractivity contribution >= 4 is 64.6 Å². The number of carbonyl (C=O) groups is 1. The maximum absolute atomic E-state index is 11.7. The predicted molar refractivity (Wildman–Crippen MR) is 104 cm³/mol. The fourth-order valence-corrected chi connectivity index (χ4v) is 4.77. The highest BCUT2D eigenvalue weighted by Crippen LogP contribution is 2.42. The normalized spacial score (nSPS) is 11.0. The van der Waals surface area contributed by atoms with Crippen molar-refractivity contribution < 1.29 is 9.53 Å². The average Bonchev–Trinajstić information content (AvgIpc) is 2.81. The number of amides is 1. The molecule has 23 heavy (non-hydrogen) atoms. The Bertz CT molecular complexity index is 713. The highest BCUT2D eigenvalue weighted by atomic mass is 79.9. The minimum atomic E-state index is 0.113. The summed E-state index contributed by atoms with van der Waals surface area (Å²) < 4.78 is 8.15. The number of rotatable bonds is 7. The van der Waals surface area contributed by atoms with Gasteiger partial charge < -0.3 is 15.0 Å². The first kappa shape index (κ1) is 18.8. The van der Waals surface area contributed by atoms with Crippen LogP contribution < -0.4 is 10.1 Å². The van der Waals surface area contributed by atoms with E-state index in [4.69, 9.17) is 4.74 Å². The summed E-state index contributed by atoms with van der Waals surface area (Å²) in [6, 6.07) is 1.99. The second-order valence-electron chi connectivity index (χ2n) is 5.25. The SMILES string of the molecule is CCCCC(=O)NCCc1c(Br)[nH]c2cc(Br)c(OC)c(Br)c12. The molecule has 2 rings (SSSR count). The van der Waals surface area contributed by atoms with Gasteiger partial charge in [0.25, 0.3) is 0 Å². The van der Waals surface area contributed by atoms with Crippen LogP contribution in [0.3, 0.4) is 0 Å². The monoisotopic (exact) mass is 508 g/mol. The number of aromatic amines is 1. The lowest BCUT2D eigenvalue weighted by atomic mass is 10.1. The molecular formula is C16H19Br3N2O2. The van der Waals surface area contributed by atoms with Crippen molar-refractivity contribution in [1.29, 1.82) is 0 Å². The maximum atomic E-state index is 11.7. The zero-order chi connectivity index (χ0) is 17.0. The Kier molecular flexibility index (Phi) is 6.98. The van der Waals surface area contributed by atoms with Gasteiger partial charge in [0.15, 0.2) is 0 Å². The molecule has 0 saturated carbocycles. The first-order chi connectivity index (χ1) is 11.0. The molecular weight excluding hydrogens is 492 g/mol. The molecule has 0 saturated heterocycles. The third-order valence-electron chi connectivity index (χ3n) is 3.65. The van der Waals surface area contributed by atoms with Crippen LogP contribution in [-0.2, 0) is 11.2 Å². The van der Waals surface area contributed by atoms with E-state index in [1.807, 2.05) is 6.07 Å². The standard InChI is InChI=1S/C16H19Br3N2O2/c1-3-4-5-12(22)20-7-6-9-13-11(21-16(9)19)8-10(17)15(23-2)14(13)18/h8,21H,3-7H2,1-2H3,(H,20,22). The van der Waals surface area contributed by atoms with Crippen LogP contribution in [-0.4, -0.2) is 24.5 Å². The lowest BCUT2D eigenvalue weighted by Crippen LogP contribution is -2.25. The van der Waals surface area contributed by atoms with Crippen molar-refractivity contribution in [3.63, 3.8) is 0 Å². The van der Waals surface area contributed by atoms with Gasteiger partial charge >= 0.3 is 0 Å². The average molecular weight is 511 g/mol. The highest BCUT2D eigenvalue weighted by Gasteiger charge is 2.18. The molecule has 1 heterocycles. The van der Waals surface area contributed by atoms with Gasteiger partial charge in [-0.2, -0.15) is 0 Å². The lowest BCUT2D eigenvalue weighted by molar-refractivity contribution is -0.121. The van der Waals surface area contributed by atoms with E-state index < -0.39 is 0 Å². The number of ether oxygens (including phenoxy) is 1. The fraction of sp³-hybridized carbons (Fsp3) is 0.438. The van der Waals surface area contributed by atoms with Gasteiger partial charge in [0.05, 0.1) is 20.7 Å². The molecule has 2 aromatic rings. The van der Waals surface area contributed by atoms with Gasteiger partial charge in [-0.25, -0.2) is 0 Å². The first-order valence-electron chi connectivity index (χ1n) is 7.48. The largest absolute Gasteiger partial charge is 0.494 e. The molecule has 0 spiro atoms. The van der Waals surface area contributed by atoms with E-state index >= 15 is 0 Å². The number of methoxy groups -OCH3 is 1. The van der Waals surface area contributed by atoms with E-state index in [-0.39, 0.29) is 5.91 Å². The molecule has 1 aromatic heterocycles. The summed E-state index contributed by atoms with van der Waals surface area (Å²) >= 11 is 10.7. The number of H-pyrrole nitrogens is 1. The molecule has 0 aliphatic rings. The predicted octanol–water partition coefficient (Wildman–Crippen LogP) is 5.31. The van der Waals surface area contributed by atoms with Gasteiger partial charge in [-0.1, -0.05) is 13.3 Å². The third-order valence-corrected chi connectivity index (χ3v) is 5.67. The van der Waals surface area contributed by atoms with Crippen LogP contribution in [0.25, 0.3) is 10.9 Å². The smallest absolute Gasteiger partial charge is 0.220 e. The number of hydrogen-bond donors (Lipinski definition) is 2. The summed E-state index contributed by atoms with van der Waals surface area (Å²) in [5.74, 6) is 0.874. The number of aromatic nitrogens is 1. The van der Waals surface area contributed by atoms with Crippen molar-refractivity contribution in [2.75, 3.05) is 13.7 Å². The second kappa shape index (κ2) is 8.53. The van der Waals surface area contributed by atoms with Crippen molar-refractivity contribution in [2.45, 2.75) is 32.6 Å². The van der Waals surface area contributed by atoms with Crippen molar-refractivity contribution in [3.8, 4) is 5.75 Å². The van der Waals surface area contributed by atoms with Crippen LogP contribution in [0.2, 0.25) is 0 Å². The molecule has 4 nitrogen and oxygen atoms in total. The Labute approximate surface area is 161 Å². The van der Waals surface area contributed by atoms with Crippen LogP contribution >= 0.6 is 47.8 Å². The van der Waals surface area contributed by atoms with Crippen molar-refractivity contribution in [2.24, 2.45) is 0 Å². The zero-order valence-corrected chi connectivity index (χ0v) is 17.8. The Morgan fingerprint density at radius 2 is 2.09 bits per heavy atom. The molecule has 2 N–H and O–H groups in total. The molecule has 0 aliphatic carbocycles. The Morgan fingerprint density at radius 1 is 1.35 bits per heavy atom. The molecule has 0 fully saturated rings. The van der Waals surface area contributed by atoms with Gasteiger partial charge in [-0.05, 0) is 72.3 Å². The number of hydrogen-bond acceptors (Lipinski definition) is 2. The Morgan fingerprint density at radius 3 is 2.74 bits per heavy atom. The lowest BCUT2D eigenvalue weighted by Gasteiger charge is -2.09. The van der Waals surface area contributed by atoms with Crippen LogP contribution in [0, 0.1) is 0 Å². The van der Waals surface area contributed by atoms with E-state index in [1.165, 1.54) is 0 Å². The molecule has 0 aliphatic heterocycles. The number of carbonyl (C=O) groups excluding carboxylic acids is 1. The number of nitrogens with one attached hydrogen (secondary N) is 2. The van der Waals surface area contributed by atoms with Crippen LogP contribution in [0.4, 0.5) is 0 Å². The summed E-state index contributed by atoms with van der Waals surface area (Å²) in [6.07, 6.45) is 3.29. The van der Waals surface area contributed by atoms with Gasteiger partial charge in [-0.15, -0.1) is 0 Å². The quantitative estimate of drug-likeness (QED) is 0.530.